The van der Waals surface area contributed by atoms with Crippen molar-refractivity contribution in [2.24, 2.45) is 5.92 Å². The molecule has 0 aliphatic carbocycles. The van der Waals surface area contributed by atoms with E-state index in [4.69, 9.17) is 16.3 Å². The number of ether oxygens (including phenoxy) is 1. The fraction of sp³-hybridized carbons (Fsp3) is 0.350. The summed E-state index contributed by atoms with van der Waals surface area (Å²) in [7, 11) is 0. The highest BCUT2D eigenvalue weighted by Gasteiger charge is 2.23. The van der Waals surface area contributed by atoms with Crippen molar-refractivity contribution in [3.8, 4) is 5.75 Å². The molecule has 1 heterocycles. The topological polar surface area (TPSA) is 50.4 Å². The zero-order chi connectivity index (χ0) is 17.6. The monoisotopic (exact) mass is 358 g/mol. The lowest BCUT2D eigenvalue weighted by Gasteiger charge is -2.30. The standard InChI is InChI=1S/C20H23ClN2O2/c1-14-12-22-9-8-19(14)23-20(24)16-5-3-7-18(11-16)25-13-15-4-2-6-17(21)10-15/h2-7,10-11,14,19,22H,8-9,12-13H2,1H3,(H,23,24). The molecule has 0 aromatic heterocycles. The summed E-state index contributed by atoms with van der Waals surface area (Å²) in [5.74, 6) is 1.05. The molecule has 4 nitrogen and oxygen atoms in total. The molecule has 0 saturated carbocycles. The minimum atomic E-state index is -0.0491. The maximum absolute atomic E-state index is 12.5. The molecular weight excluding hydrogens is 336 g/mol. The first-order valence-electron chi connectivity index (χ1n) is 8.61. The number of rotatable bonds is 5. The van der Waals surface area contributed by atoms with Crippen LogP contribution in [-0.2, 0) is 6.61 Å². The molecule has 2 aromatic rings. The maximum atomic E-state index is 12.5. The summed E-state index contributed by atoms with van der Waals surface area (Å²) in [6.45, 7) is 4.45. The average Bonchev–Trinajstić information content (AvgIpc) is 2.62. The number of hydrogen-bond donors (Lipinski definition) is 2. The molecule has 0 radical (unpaired) electrons. The predicted octanol–water partition coefficient (Wildman–Crippen LogP) is 3.65. The molecule has 5 heteroatoms. The molecule has 0 spiro atoms. The van der Waals surface area contributed by atoms with Crippen molar-refractivity contribution in [1.82, 2.24) is 10.6 Å². The minimum absolute atomic E-state index is 0.0491. The van der Waals surface area contributed by atoms with Crippen molar-refractivity contribution in [1.29, 1.82) is 0 Å². The third-order valence-electron chi connectivity index (χ3n) is 4.49. The average molecular weight is 359 g/mol. The van der Waals surface area contributed by atoms with Gasteiger partial charge in [-0.2, -0.15) is 0 Å². The number of carbonyl (C=O) groups is 1. The van der Waals surface area contributed by atoms with Crippen LogP contribution in [0, 0.1) is 5.92 Å². The van der Waals surface area contributed by atoms with Gasteiger partial charge in [0.1, 0.15) is 12.4 Å². The fourth-order valence-electron chi connectivity index (χ4n) is 3.00. The number of carbonyl (C=O) groups excluding carboxylic acids is 1. The van der Waals surface area contributed by atoms with Crippen molar-refractivity contribution in [3.63, 3.8) is 0 Å². The molecule has 2 atom stereocenters. The van der Waals surface area contributed by atoms with Crippen molar-refractivity contribution in [2.75, 3.05) is 13.1 Å². The first-order chi connectivity index (χ1) is 12.1. The summed E-state index contributed by atoms with van der Waals surface area (Å²) in [5.41, 5.74) is 1.61. The Morgan fingerprint density at radius 3 is 2.92 bits per heavy atom. The first kappa shape index (κ1) is 17.8. The molecule has 2 unspecified atom stereocenters. The molecule has 1 aliphatic rings. The van der Waals surface area contributed by atoms with Gasteiger partial charge in [0.15, 0.2) is 0 Å². The Balaban J connectivity index is 1.61. The molecule has 132 valence electrons. The normalized spacial score (nSPS) is 20.1. The summed E-state index contributed by atoms with van der Waals surface area (Å²) < 4.78 is 5.80. The Bertz CT molecular complexity index is 735. The van der Waals surface area contributed by atoms with Crippen molar-refractivity contribution in [3.05, 3.63) is 64.7 Å². The number of nitrogens with one attached hydrogen (secondary N) is 2. The van der Waals surface area contributed by atoms with E-state index in [1.54, 1.807) is 6.07 Å². The second-order valence-electron chi connectivity index (χ2n) is 6.50. The van der Waals surface area contributed by atoms with E-state index >= 15 is 0 Å². The van der Waals surface area contributed by atoms with E-state index in [9.17, 15) is 4.79 Å². The van der Waals surface area contributed by atoms with Gasteiger partial charge in [0, 0.05) is 16.6 Å². The Morgan fingerprint density at radius 1 is 1.28 bits per heavy atom. The smallest absolute Gasteiger partial charge is 0.251 e. The van der Waals surface area contributed by atoms with E-state index in [1.165, 1.54) is 0 Å². The van der Waals surface area contributed by atoms with Gasteiger partial charge >= 0.3 is 0 Å². The van der Waals surface area contributed by atoms with Crippen LogP contribution in [0.2, 0.25) is 5.02 Å². The van der Waals surface area contributed by atoms with Crippen LogP contribution in [0.1, 0.15) is 29.3 Å². The molecule has 3 rings (SSSR count). The van der Waals surface area contributed by atoms with Gasteiger partial charge in [-0.1, -0.05) is 36.7 Å². The van der Waals surface area contributed by atoms with Gasteiger partial charge in [-0.05, 0) is 61.3 Å². The molecule has 1 saturated heterocycles. The molecule has 1 fully saturated rings. The second kappa shape index (κ2) is 8.37. The lowest BCUT2D eigenvalue weighted by Crippen LogP contribution is -2.48. The summed E-state index contributed by atoms with van der Waals surface area (Å²) in [6, 6.07) is 15.1. The summed E-state index contributed by atoms with van der Waals surface area (Å²) >= 11 is 5.98. The first-order valence-corrected chi connectivity index (χ1v) is 8.98. The van der Waals surface area contributed by atoms with Gasteiger partial charge in [0.2, 0.25) is 0 Å². The predicted molar refractivity (Wildman–Crippen MR) is 100 cm³/mol. The van der Waals surface area contributed by atoms with Gasteiger partial charge in [-0.3, -0.25) is 4.79 Å². The van der Waals surface area contributed by atoms with Gasteiger partial charge in [0.25, 0.3) is 5.91 Å². The number of halogens is 1. The number of hydrogen-bond acceptors (Lipinski definition) is 3. The highest BCUT2D eigenvalue weighted by Crippen LogP contribution is 2.18. The summed E-state index contributed by atoms with van der Waals surface area (Å²) in [6.07, 6.45) is 0.956. The van der Waals surface area contributed by atoms with E-state index in [0.29, 0.717) is 28.9 Å². The Kier molecular flexibility index (Phi) is 5.95. The Labute approximate surface area is 153 Å². The molecule has 0 bridgehead atoms. The van der Waals surface area contributed by atoms with Crippen LogP contribution in [-0.4, -0.2) is 25.0 Å². The molecule has 2 aromatic carbocycles. The van der Waals surface area contributed by atoms with Crippen LogP contribution in [0.25, 0.3) is 0 Å². The molecule has 1 aliphatic heterocycles. The zero-order valence-electron chi connectivity index (χ0n) is 14.3. The third kappa shape index (κ3) is 4.97. The van der Waals surface area contributed by atoms with Crippen LogP contribution in [0.5, 0.6) is 5.75 Å². The van der Waals surface area contributed by atoms with Crippen molar-refractivity contribution in [2.45, 2.75) is 26.0 Å². The lowest BCUT2D eigenvalue weighted by atomic mass is 9.95. The molecule has 2 N–H and O–H groups in total. The largest absolute Gasteiger partial charge is 0.489 e. The van der Waals surface area contributed by atoms with Crippen LogP contribution >= 0.6 is 11.6 Å². The quantitative estimate of drug-likeness (QED) is 0.857. The highest BCUT2D eigenvalue weighted by atomic mass is 35.5. The van der Waals surface area contributed by atoms with E-state index in [0.717, 1.165) is 25.1 Å². The summed E-state index contributed by atoms with van der Waals surface area (Å²) in [5, 5.41) is 7.17. The molecule has 1 amide bonds. The Hall–Kier alpha value is -2.04. The zero-order valence-corrected chi connectivity index (χ0v) is 15.1. The fourth-order valence-corrected chi connectivity index (χ4v) is 3.21. The van der Waals surface area contributed by atoms with Crippen molar-refractivity contribution >= 4 is 17.5 Å². The van der Waals surface area contributed by atoms with E-state index in [-0.39, 0.29) is 11.9 Å². The maximum Gasteiger partial charge on any atom is 0.251 e. The van der Waals surface area contributed by atoms with E-state index < -0.39 is 0 Å². The minimum Gasteiger partial charge on any atom is -0.489 e. The van der Waals surface area contributed by atoms with Crippen LogP contribution < -0.4 is 15.4 Å². The molecular formula is C20H23ClN2O2. The number of piperidine rings is 1. The van der Waals surface area contributed by atoms with Gasteiger partial charge in [-0.25, -0.2) is 0 Å². The third-order valence-corrected chi connectivity index (χ3v) is 4.73. The van der Waals surface area contributed by atoms with Crippen LogP contribution in [0.3, 0.4) is 0 Å². The van der Waals surface area contributed by atoms with Crippen LogP contribution in [0.4, 0.5) is 0 Å². The van der Waals surface area contributed by atoms with Gasteiger partial charge in [-0.15, -0.1) is 0 Å². The Morgan fingerprint density at radius 2 is 2.12 bits per heavy atom. The summed E-state index contributed by atoms with van der Waals surface area (Å²) in [4.78, 5) is 12.5. The lowest BCUT2D eigenvalue weighted by molar-refractivity contribution is 0.0913. The van der Waals surface area contributed by atoms with Crippen LogP contribution in [0.15, 0.2) is 48.5 Å². The van der Waals surface area contributed by atoms with Crippen molar-refractivity contribution < 1.29 is 9.53 Å². The van der Waals surface area contributed by atoms with E-state index in [1.807, 2.05) is 42.5 Å². The second-order valence-corrected chi connectivity index (χ2v) is 6.93. The SMILES string of the molecule is CC1CNCCC1NC(=O)c1cccc(OCc2cccc(Cl)c2)c1. The molecule has 25 heavy (non-hydrogen) atoms. The highest BCUT2D eigenvalue weighted by molar-refractivity contribution is 6.30. The van der Waals surface area contributed by atoms with Gasteiger partial charge in [0.05, 0.1) is 0 Å². The van der Waals surface area contributed by atoms with Gasteiger partial charge < -0.3 is 15.4 Å². The number of amides is 1. The van der Waals surface area contributed by atoms with E-state index in [2.05, 4.69) is 17.6 Å². The number of benzene rings is 2.